The van der Waals surface area contributed by atoms with Gasteiger partial charge in [-0.1, -0.05) is 11.8 Å². The lowest BCUT2D eigenvalue weighted by Gasteiger charge is -2.37. The number of primary amides is 1. The molecule has 1 aliphatic heterocycles. The molecule has 6 nitrogen and oxygen atoms in total. The fraction of sp³-hybridized carbons (Fsp3) is 0.615. The molecule has 1 aromatic heterocycles. The quantitative estimate of drug-likeness (QED) is 0.644. The van der Waals surface area contributed by atoms with E-state index in [1.54, 1.807) is 0 Å². The van der Waals surface area contributed by atoms with Crippen LogP contribution in [0.3, 0.4) is 0 Å². The second kappa shape index (κ2) is 6.30. The number of hydrogen-bond acceptors (Lipinski definition) is 6. The molecule has 1 saturated heterocycles. The lowest BCUT2D eigenvalue weighted by Crippen LogP contribution is -2.46. The van der Waals surface area contributed by atoms with Gasteiger partial charge in [0.2, 0.25) is 5.91 Å². The highest BCUT2D eigenvalue weighted by Crippen LogP contribution is 2.28. The maximum Gasteiger partial charge on any atom is 0.222 e. The van der Waals surface area contributed by atoms with Gasteiger partial charge in [-0.2, -0.15) is 0 Å². The van der Waals surface area contributed by atoms with Crippen molar-refractivity contribution in [2.24, 2.45) is 11.7 Å². The molecule has 110 valence electrons. The van der Waals surface area contributed by atoms with Gasteiger partial charge in [0.25, 0.3) is 0 Å². The molecule has 0 radical (unpaired) electrons. The summed E-state index contributed by atoms with van der Waals surface area (Å²) in [6.45, 7) is 2.78. The summed E-state index contributed by atoms with van der Waals surface area (Å²) >= 11 is 1.50. The molecular weight excluding hydrogens is 274 g/mol. The SMILES string of the molecule is CNc1cc(N2CC(C(N)=O)CCC2C)nc(SC)n1. The molecule has 1 amide bonds. The van der Waals surface area contributed by atoms with Crippen molar-refractivity contribution < 1.29 is 4.79 Å². The largest absolute Gasteiger partial charge is 0.373 e. The molecule has 3 N–H and O–H groups in total. The molecular formula is C13H21N5OS. The Kier molecular flexibility index (Phi) is 4.69. The summed E-state index contributed by atoms with van der Waals surface area (Å²) in [5, 5.41) is 3.77. The number of hydrogen-bond donors (Lipinski definition) is 2. The summed E-state index contributed by atoms with van der Waals surface area (Å²) in [6, 6.07) is 2.26. The van der Waals surface area contributed by atoms with E-state index in [1.165, 1.54) is 11.8 Å². The first-order chi connectivity index (χ1) is 9.55. The molecule has 0 aliphatic carbocycles. The van der Waals surface area contributed by atoms with Crippen LogP contribution < -0.4 is 16.0 Å². The zero-order valence-electron chi connectivity index (χ0n) is 12.1. The van der Waals surface area contributed by atoms with E-state index < -0.39 is 0 Å². The third kappa shape index (κ3) is 3.15. The fourth-order valence-corrected chi connectivity index (χ4v) is 2.81. The lowest BCUT2D eigenvalue weighted by atomic mass is 9.93. The van der Waals surface area contributed by atoms with Crippen molar-refractivity contribution in [3.8, 4) is 0 Å². The van der Waals surface area contributed by atoms with Crippen molar-refractivity contribution in [1.82, 2.24) is 9.97 Å². The molecule has 2 heterocycles. The minimum absolute atomic E-state index is 0.100. The van der Waals surface area contributed by atoms with Crippen LogP contribution in [0.2, 0.25) is 0 Å². The first-order valence-electron chi connectivity index (χ1n) is 6.72. The summed E-state index contributed by atoms with van der Waals surface area (Å²) in [4.78, 5) is 22.5. The fourth-order valence-electron chi connectivity index (χ4n) is 2.44. The second-order valence-electron chi connectivity index (χ2n) is 5.03. The van der Waals surface area contributed by atoms with Crippen molar-refractivity contribution in [2.45, 2.75) is 31.0 Å². The van der Waals surface area contributed by atoms with Crippen LogP contribution in [-0.2, 0) is 4.79 Å². The number of carbonyl (C=O) groups excluding carboxylic acids is 1. The van der Waals surface area contributed by atoms with E-state index in [9.17, 15) is 4.79 Å². The van der Waals surface area contributed by atoms with Gasteiger partial charge in [-0.05, 0) is 26.0 Å². The molecule has 0 saturated carbocycles. The van der Waals surface area contributed by atoms with Gasteiger partial charge in [0, 0.05) is 25.7 Å². The number of nitrogens with two attached hydrogens (primary N) is 1. The average molecular weight is 295 g/mol. The zero-order valence-corrected chi connectivity index (χ0v) is 12.9. The van der Waals surface area contributed by atoms with Gasteiger partial charge < -0.3 is 16.0 Å². The molecule has 1 fully saturated rings. The van der Waals surface area contributed by atoms with Gasteiger partial charge in [-0.25, -0.2) is 9.97 Å². The van der Waals surface area contributed by atoms with Crippen LogP contribution in [0.25, 0.3) is 0 Å². The highest BCUT2D eigenvalue weighted by atomic mass is 32.2. The summed E-state index contributed by atoms with van der Waals surface area (Å²) < 4.78 is 0. The van der Waals surface area contributed by atoms with Crippen LogP contribution >= 0.6 is 11.8 Å². The standard InChI is InChI=1S/C13H21N5OS/c1-8-4-5-9(12(14)19)7-18(8)11-6-10(15-2)16-13(17-11)20-3/h6,8-9H,4-5,7H2,1-3H3,(H2,14,19)(H,15,16,17). The van der Waals surface area contributed by atoms with Crippen LogP contribution in [0.4, 0.5) is 11.6 Å². The number of aromatic nitrogens is 2. The third-order valence-corrected chi connectivity index (χ3v) is 4.26. The van der Waals surface area contributed by atoms with Gasteiger partial charge in [-0.3, -0.25) is 4.79 Å². The van der Waals surface area contributed by atoms with Crippen LogP contribution in [-0.4, -0.2) is 41.8 Å². The molecule has 7 heteroatoms. The monoisotopic (exact) mass is 295 g/mol. The summed E-state index contributed by atoms with van der Waals surface area (Å²) in [7, 11) is 1.84. The van der Waals surface area contributed by atoms with Gasteiger partial charge in [0.15, 0.2) is 5.16 Å². The van der Waals surface area contributed by atoms with E-state index in [1.807, 2.05) is 19.4 Å². The number of nitrogens with zero attached hydrogens (tertiary/aromatic N) is 3. The van der Waals surface area contributed by atoms with Crippen LogP contribution in [0.15, 0.2) is 11.2 Å². The normalized spacial score (nSPS) is 22.6. The van der Waals surface area contributed by atoms with E-state index in [4.69, 9.17) is 5.73 Å². The highest BCUT2D eigenvalue weighted by Gasteiger charge is 2.29. The number of anilines is 2. The molecule has 2 rings (SSSR count). The maximum absolute atomic E-state index is 11.4. The van der Waals surface area contributed by atoms with Crippen molar-refractivity contribution in [3.05, 3.63) is 6.07 Å². The predicted octanol–water partition coefficient (Wildman–Crippen LogP) is 1.33. The smallest absolute Gasteiger partial charge is 0.222 e. The second-order valence-corrected chi connectivity index (χ2v) is 5.80. The van der Waals surface area contributed by atoms with E-state index in [0.29, 0.717) is 12.6 Å². The van der Waals surface area contributed by atoms with Gasteiger partial charge in [0.1, 0.15) is 11.6 Å². The topological polar surface area (TPSA) is 84.1 Å². The molecule has 1 aromatic rings. The molecule has 1 aliphatic rings. The van der Waals surface area contributed by atoms with Gasteiger partial charge in [0.05, 0.1) is 5.92 Å². The van der Waals surface area contributed by atoms with Crippen molar-refractivity contribution in [1.29, 1.82) is 0 Å². The Labute approximate surface area is 123 Å². The predicted molar refractivity (Wildman–Crippen MR) is 82.1 cm³/mol. The number of thioether (sulfide) groups is 1. The number of rotatable bonds is 4. The van der Waals surface area contributed by atoms with Crippen molar-refractivity contribution in [3.63, 3.8) is 0 Å². The Bertz CT molecular complexity index is 473. The lowest BCUT2D eigenvalue weighted by molar-refractivity contribution is -0.122. The van der Waals surface area contributed by atoms with E-state index in [-0.39, 0.29) is 11.8 Å². The van der Waals surface area contributed by atoms with Gasteiger partial charge in [-0.15, -0.1) is 0 Å². The first-order valence-corrected chi connectivity index (χ1v) is 7.94. The molecule has 2 atom stereocenters. The van der Waals surface area contributed by atoms with E-state index in [2.05, 4.69) is 27.1 Å². The Hall–Kier alpha value is -1.50. The van der Waals surface area contributed by atoms with Crippen molar-refractivity contribution in [2.75, 3.05) is 30.1 Å². The summed E-state index contributed by atoms with van der Waals surface area (Å²) in [6.07, 6.45) is 3.75. The summed E-state index contributed by atoms with van der Waals surface area (Å²) in [5.74, 6) is 1.31. The average Bonchev–Trinajstić information content (AvgIpc) is 2.46. The van der Waals surface area contributed by atoms with E-state index >= 15 is 0 Å². The molecule has 0 bridgehead atoms. The molecule has 0 aromatic carbocycles. The number of amides is 1. The number of nitrogens with one attached hydrogen (secondary N) is 1. The van der Waals surface area contributed by atoms with Crippen molar-refractivity contribution >= 4 is 29.3 Å². The van der Waals surface area contributed by atoms with E-state index in [0.717, 1.165) is 29.6 Å². The zero-order chi connectivity index (χ0) is 14.7. The number of carbonyl (C=O) groups is 1. The Morgan fingerprint density at radius 1 is 1.50 bits per heavy atom. The molecule has 20 heavy (non-hydrogen) atoms. The highest BCUT2D eigenvalue weighted by molar-refractivity contribution is 7.98. The van der Waals surface area contributed by atoms with Gasteiger partial charge >= 0.3 is 0 Å². The first kappa shape index (κ1) is 14.9. The molecule has 0 spiro atoms. The minimum Gasteiger partial charge on any atom is -0.373 e. The van der Waals surface area contributed by atoms with Crippen LogP contribution in [0.1, 0.15) is 19.8 Å². The summed E-state index contributed by atoms with van der Waals surface area (Å²) in [5.41, 5.74) is 5.45. The van der Waals surface area contributed by atoms with Crippen LogP contribution in [0.5, 0.6) is 0 Å². The molecule has 2 unspecified atom stereocenters. The Morgan fingerprint density at radius 2 is 2.25 bits per heavy atom. The maximum atomic E-state index is 11.4. The Balaban J connectivity index is 2.30. The third-order valence-electron chi connectivity index (χ3n) is 3.71. The van der Waals surface area contributed by atoms with Crippen LogP contribution in [0, 0.1) is 5.92 Å². The number of piperidine rings is 1. The minimum atomic E-state index is -0.227. The Morgan fingerprint density at radius 3 is 2.85 bits per heavy atom.